The van der Waals surface area contributed by atoms with Gasteiger partial charge in [0.1, 0.15) is 0 Å². The summed E-state index contributed by atoms with van der Waals surface area (Å²) in [5.41, 5.74) is 6.36. The molecule has 0 spiro atoms. The van der Waals surface area contributed by atoms with E-state index in [1.807, 2.05) is 0 Å². The molecule has 0 aliphatic carbocycles. The fourth-order valence-electron chi connectivity index (χ4n) is 6.42. The molecule has 0 aliphatic rings. The topological polar surface area (TPSA) is 4.41 Å². The molecule has 0 saturated carbocycles. The van der Waals surface area contributed by atoms with Crippen molar-refractivity contribution >= 4 is 71.4 Å². The van der Waals surface area contributed by atoms with E-state index >= 15 is 0 Å². The summed E-state index contributed by atoms with van der Waals surface area (Å²) in [6.07, 6.45) is 0. The molecule has 0 fully saturated rings. The average molecular weight is 526 g/mol. The zero-order chi connectivity index (χ0) is 26.2. The number of hydrogen-bond acceptors (Lipinski definition) is 1. The zero-order valence-corrected chi connectivity index (χ0v) is 22.5. The lowest BCUT2D eigenvalue weighted by Crippen LogP contribution is -1.82. The normalized spacial score (nSPS) is 12.1. The van der Waals surface area contributed by atoms with Gasteiger partial charge in [0.25, 0.3) is 0 Å². The van der Waals surface area contributed by atoms with Crippen LogP contribution in [0.2, 0.25) is 0 Å². The minimum atomic E-state index is 1.24. The molecule has 9 aromatic rings. The van der Waals surface area contributed by atoms with E-state index < -0.39 is 0 Å². The summed E-state index contributed by atoms with van der Waals surface area (Å²) >= 11 is 1.80. The molecular weight excluding hydrogens is 502 g/mol. The monoisotopic (exact) mass is 525 g/mol. The molecule has 40 heavy (non-hydrogen) atoms. The first kappa shape index (κ1) is 22.1. The first-order chi connectivity index (χ1) is 19.8. The highest BCUT2D eigenvalue weighted by molar-refractivity contribution is 7.99. The fourth-order valence-corrected chi connectivity index (χ4v) is 7.26. The minimum Gasteiger partial charge on any atom is -0.308 e. The van der Waals surface area contributed by atoms with E-state index in [0.717, 1.165) is 0 Å². The standard InChI is InChI=1S/C38H23NS/c1-2-12-30(13-3-1)40-31-16-14-24(15-17-31)29-20-34-32-18-25-8-4-6-10-27(25)22-36(32)39-37-23-28-11-7-5-9-26(28)19-33(37)35(21-29)38(34)39/h1-23H. The van der Waals surface area contributed by atoms with Gasteiger partial charge in [0.15, 0.2) is 0 Å². The Morgan fingerprint density at radius 3 is 1.40 bits per heavy atom. The van der Waals surface area contributed by atoms with Crippen LogP contribution in [0, 0.1) is 0 Å². The third-order valence-corrected chi connectivity index (χ3v) is 9.31. The van der Waals surface area contributed by atoms with Crippen molar-refractivity contribution in [3.05, 3.63) is 140 Å². The van der Waals surface area contributed by atoms with Crippen LogP contribution >= 0.6 is 11.8 Å². The van der Waals surface area contributed by atoms with Crippen molar-refractivity contribution in [3.63, 3.8) is 0 Å². The van der Waals surface area contributed by atoms with E-state index in [0.29, 0.717) is 0 Å². The summed E-state index contributed by atoms with van der Waals surface area (Å²) in [5.74, 6) is 0. The van der Waals surface area contributed by atoms with Gasteiger partial charge in [0.05, 0.1) is 16.6 Å². The van der Waals surface area contributed by atoms with Crippen LogP contribution in [0.4, 0.5) is 0 Å². The van der Waals surface area contributed by atoms with Crippen molar-refractivity contribution in [3.8, 4) is 11.1 Å². The third-order valence-electron chi connectivity index (χ3n) is 8.29. The first-order valence-electron chi connectivity index (χ1n) is 13.7. The number of hydrogen-bond donors (Lipinski definition) is 0. The average Bonchev–Trinajstić information content (AvgIpc) is 3.50. The van der Waals surface area contributed by atoms with Crippen molar-refractivity contribution < 1.29 is 0 Å². The van der Waals surface area contributed by atoms with Crippen molar-refractivity contribution in [1.82, 2.24) is 4.40 Å². The molecule has 1 nitrogen and oxygen atoms in total. The van der Waals surface area contributed by atoms with Crippen molar-refractivity contribution in [2.24, 2.45) is 0 Å². The molecule has 2 heteroatoms. The van der Waals surface area contributed by atoms with E-state index in [1.165, 1.54) is 80.6 Å². The smallest absolute Gasteiger partial charge is 0.0620 e. The van der Waals surface area contributed by atoms with Gasteiger partial charge in [-0.3, -0.25) is 0 Å². The van der Waals surface area contributed by atoms with Gasteiger partial charge in [-0.15, -0.1) is 0 Å². The van der Waals surface area contributed by atoms with Crippen molar-refractivity contribution in [1.29, 1.82) is 0 Å². The van der Waals surface area contributed by atoms with E-state index in [4.69, 9.17) is 0 Å². The lowest BCUT2D eigenvalue weighted by atomic mass is 9.98. The quantitative estimate of drug-likeness (QED) is 0.222. The van der Waals surface area contributed by atoms with Crippen molar-refractivity contribution in [2.45, 2.75) is 9.79 Å². The number of fused-ring (bicyclic) bond motifs is 8. The summed E-state index contributed by atoms with van der Waals surface area (Å²) in [6.45, 7) is 0. The second-order valence-corrected chi connectivity index (χ2v) is 11.8. The Hall–Kier alpha value is -4.79. The second-order valence-electron chi connectivity index (χ2n) is 10.6. The maximum atomic E-state index is 2.50. The number of rotatable bonds is 3. The third kappa shape index (κ3) is 3.23. The van der Waals surface area contributed by atoms with Gasteiger partial charge in [0, 0.05) is 31.3 Å². The Bertz CT molecular complexity index is 2260. The molecule has 9 rings (SSSR count). The molecule has 7 aromatic carbocycles. The van der Waals surface area contributed by atoms with Gasteiger partial charge < -0.3 is 4.40 Å². The highest BCUT2D eigenvalue weighted by Gasteiger charge is 2.20. The largest absolute Gasteiger partial charge is 0.308 e. The summed E-state index contributed by atoms with van der Waals surface area (Å²) in [7, 11) is 0. The van der Waals surface area contributed by atoms with Crippen LogP contribution in [0.3, 0.4) is 0 Å². The molecule has 2 aromatic heterocycles. The number of aromatic nitrogens is 1. The van der Waals surface area contributed by atoms with Gasteiger partial charge in [-0.25, -0.2) is 0 Å². The Balaban J connectivity index is 1.33. The Labute approximate surface area is 235 Å². The lowest BCUT2D eigenvalue weighted by Gasteiger charge is -2.07. The number of nitrogens with zero attached hydrogens (tertiary/aromatic N) is 1. The summed E-state index contributed by atoms with van der Waals surface area (Å²) in [6, 6.07) is 51.3. The summed E-state index contributed by atoms with van der Waals surface area (Å²) in [4.78, 5) is 2.51. The summed E-state index contributed by atoms with van der Waals surface area (Å²) in [5, 5.41) is 10.4. The zero-order valence-electron chi connectivity index (χ0n) is 21.6. The maximum Gasteiger partial charge on any atom is 0.0620 e. The Kier molecular flexibility index (Phi) is 4.61. The number of benzene rings is 7. The summed E-state index contributed by atoms with van der Waals surface area (Å²) < 4.78 is 2.50. The van der Waals surface area contributed by atoms with Crippen LogP contribution in [-0.4, -0.2) is 4.40 Å². The first-order valence-corrected chi connectivity index (χ1v) is 14.5. The van der Waals surface area contributed by atoms with Gasteiger partial charge in [-0.2, -0.15) is 0 Å². The molecule has 0 saturated heterocycles. The molecule has 0 N–H and O–H groups in total. The highest BCUT2D eigenvalue weighted by atomic mass is 32.2. The van der Waals surface area contributed by atoms with Gasteiger partial charge in [0.2, 0.25) is 0 Å². The molecule has 0 unspecified atom stereocenters. The van der Waals surface area contributed by atoms with Crippen LogP contribution in [-0.2, 0) is 0 Å². The van der Waals surface area contributed by atoms with Gasteiger partial charge >= 0.3 is 0 Å². The van der Waals surface area contributed by atoms with Crippen LogP contribution < -0.4 is 0 Å². The molecular formula is C38H23NS. The SMILES string of the molecule is c1ccc(Sc2ccc(-c3cc4c5cc6ccccc6cc5n5c6cc7ccccc7cc6c(c3)c45)cc2)cc1. The van der Waals surface area contributed by atoms with Crippen molar-refractivity contribution in [2.75, 3.05) is 0 Å². The second kappa shape index (κ2) is 8.35. The van der Waals surface area contributed by atoms with Crippen LogP contribution in [0.5, 0.6) is 0 Å². The Morgan fingerprint density at radius 2 is 0.850 bits per heavy atom. The molecule has 0 bridgehead atoms. The van der Waals surface area contributed by atoms with Gasteiger partial charge in [-0.1, -0.05) is 90.6 Å². The predicted molar refractivity (Wildman–Crippen MR) is 172 cm³/mol. The van der Waals surface area contributed by atoms with E-state index in [2.05, 4.69) is 144 Å². The van der Waals surface area contributed by atoms with Crippen LogP contribution in [0.15, 0.2) is 149 Å². The maximum absolute atomic E-state index is 2.50. The minimum absolute atomic E-state index is 1.24. The molecule has 2 heterocycles. The molecule has 186 valence electrons. The fraction of sp³-hybridized carbons (Fsp3) is 0. The molecule has 0 amide bonds. The Morgan fingerprint density at radius 1 is 0.375 bits per heavy atom. The molecule has 0 aliphatic heterocycles. The molecule has 0 atom stereocenters. The van der Waals surface area contributed by atoms with E-state index in [9.17, 15) is 0 Å². The van der Waals surface area contributed by atoms with E-state index in [1.54, 1.807) is 11.8 Å². The van der Waals surface area contributed by atoms with Gasteiger partial charge in [-0.05, 0) is 93.3 Å². The lowest BCUT2D eigenvalue weighted by molar-refractivity contribution is 1.38. The van der Waals surface area contributed by atoms with Crippen LogP contribution in [0.25, 0.3) is 70.8 Å². The van der Waals surface area contributed by atoms with E-state index in [-0.39, 0.29) is 0 Å². The molecule has 0 radical (unpaired) electrons. The highest BCUT2D eigenvalue weighted by Crippen LogP contribution is 2.44. The predicted octanol–water partition coefficient (Wildman–Crippen LogP) is 11.0. The van der Waals surface area contributed by atoms with Crippen LogP contribution in [0.1, 0.15) is 0 Å².